The molecule has 1 amide bonds. The normalized spacial score (nSPS) is 15.4. The Morgan fingerprint density at radius 1 is 1.18 bits per heavy atom. The third-order valence-electron chi connectivity index (χ3n) is 5.08. The van der Waals surface area contributed by atoms with Crippen LogP contribution in [0.1, 0.15) is 24.6 Å². The van der Waals surface area contributed by atoms with Crippen molar-refractivity contribution in [3.63, 3.8) is 0 Å². The molecule has 1 atom stereocenters. The van der Waals surface area contributed by atoms with Crippen molar-refractivity contribution in [1.82, 2.24) is 25.1 Å². The molecule has 0 saturated carbocycles. The van der Waals surface area contributed by atoms with Crippen LogP contribution >= 0.6 is 0 Å². The van der Waals surface area contributed by atoms with Crippen LogP contribution in [-0.2, 0) is 15.7 Å². The Balaban J connectivity index is 1.36. The number of halogens is 3. The lowest BCUT2D eigenvalue weighted by molar-refractivity contribution is -0.141. The Kier molecular flexibility index (Phi) is 7.84. The van der Waals surface area contributed by atoms with E-state index in [1.807, 2.05) is 0 Å². The van der Waals surface area contributed by atoms with Crippen LogP contribution in [0.2, 0.25) is 0 Å². The maximum absolute atomic E-state index is 12.6. The van der Waals surface area contributed by atoms with Crippen LogP contribution in [0.5, 0.6) is 5.75 Å². The molecule has 180 valence electrons. The quantitative estimate of drug-likeness (QED) is 0.577. The molecular weight excluding hydrogens is 445 g/mol. The minimum Gasteiger partial charge on any atom is -0.486 e. The van der Waals surface area contributed by atoms with Crippen molar-refractivity contribution in [2.24, 2.45) is 0 Å². The Morgan fingerprint density at radius 2 is 1.91 bits per heavy atom. The molecule has 1 fully saturated rings. The number of amides is 1. The smallest absolute Gasteiger partial charge is 0.434 e. The van der Waals surface area contributed by atoms with Gasteiger partial charge in [-0.25, -0.2) is 15.1 Å². The Bertz CT molecular complexity index is 991. The van der Waals surface area contributed by atoms with E-state index < -0.39 is 11.9 Å². The van der Waals surface area contributed by atoms with Gasteiger partial charge in [0.2, 0.25) is 5.91 Å². The molecule has 1 saturated heterocycles. The fourth-order valence-corrected chi connectivity index (χ4v) is 3.19. The molecule has 2 aromatic rings. The molecule has 0 aromatic carbocycles. The molecule has 33 heavy (non-hydrogen) atoms. The molecule has 1 aliphatic rings. The number of carbonyl (C=O) groups excluding carboxylic acids is 1. The summed E-state index contributed by atoms with van der Waals surface area (Å²) >= 11 is 0. The van der Waals surface area contributed by atoms with Crippen molar-refractivity contribution < 1.29 is 27.4 Å². The summed E-state index contributed by atoms with van der Waals surface area (Å²) in [6.45, 7) is 5.61. The summed E-state index contributed by atoms with van der Waals surface area (Å²) in [6.07, 6.45) is -1.44. The Hall–Kier alpha value is -3.22. The summed E-state index contributed by atoms with van der Waals surface area (Å²) in [4.78, 5) is 34.7. The molecule has 0 bridgehead atoms. The first-order valence-corrected chi connectivity index (χ1v) is 10.4. The topological polar surface area (TPSA) is 114 Å². The SMILES string of the molecule is Cc1c(O[C@@H](C)COCCC(=O)N2CCN(c3cnc(C(F)(F)F)cn3)CC2)cn[nH]c1=O. The second-order valence-electron chi connectivity index (χ2n) is 7.57. The first-order valence-electron chi connectivity index (χ1n) is 10.4. The van der Waals surface area contributed by atoms with Gasteiger partial charge in [-0.05, 0) is 13.8 Å². The number of aromatic nitrogens is 4. The molecule has 3 heterocycles. The van der Waals surface area contributed by atoms with E-state index in [0.717, 1.165) is 6.20 Å². The Labute approximate surface area is 187 Å². The molecule has 1 aliphatic heterocycles. The number of alkyl halides is 3. The summed E-state index contributed by atoms with van der Waals surface area (Å²) in [7, 11) is 0. The van der Waals surface area contributed by atoms with Gasteiger partial charge in [0.1, 0.15) is 17.7 Å². The fraction of sp³-hybridized carbons (Fsp3) is 0.550. The van der Waals surface area contributed by atoms with Crippen molar-refractivity contribution in [3.05, 3.63) is 40.2 Å². The van der Waals surface area contributed by atoms with Crippen molar-refractivity contribution in [3.8, 4) is 5.75 Å². The van der Waals surface area contributed by atoms with Gasteiger partial charge in [-0.3, -0.25) is 9.59 Å². The molecular formula is C20H25F3N6O4. The van der Waals surface area contributed by atoms with E-state index >= 15 is 0 Å². The highest BCUT2D eigenvalue weighted by Gasteiger charge is 2.33. The maximum Gasteiger partial charge on any atom is 0.434 e. The fourth-order valence-electron chi connectivity index (χ4n) is 3.19. The van der Waals surface area contributed by atoms with E-state index in [1.54, 1.807) is 23.6 Å². The number of nitrogens with one attached hydrogen (secondary N) is 1. The molecule has 10 nitrogen and oxygen atoms in total. The van der Waals surface area contributed by atoms with E-state index in [1.165, 1.54) is 6.20 Å². The standard InChI is InChI=1S/C20H25F3N6O4/c1-13(33-15-9-26-27-19(31)14(15)2)12-32-8-3-18(30)29-6-4-28(5-7-29)17-11-24-16(10-25-17)20(21,22)23/h9-11,13H,3-8,12H2,1-2H3,(H,27,31)/t13-/m0/s1. The van der Waals surface area contributed by atoms with E-state index in [4.69, 9.17) is 9.47 Å². The number of hydrogen-bond acceptors (Lipinski definition) is 8. The zero-order valence-electron chi connectivity index (χ0n) is 18.3. The number of hydrogen-bond donors (Lipinski definition) is 1. The van der Waals surface area contributed by atoms with E-state index in [2.05, 4.69) is 20.2 Å². The number of ether oxygens (including phenoxy) is 2. The van der Waals surface area contributed by atoms with Crippen LogP contribution in [0.25, 0.3) is 0 Å². The zero-order valence-corrected chi connectivity index (χ0v) is 18.3. The predicted octanol–water partition coefficient (Wildman–Crippen LogP) is 1.41. The number of nitrogens with zero attached hydrogens (tertiary/aromatic N) is 5. The monoisotopic (exact) mass is 470 g/mol. The van der Waals surface area contributed by atoms with Crippen molar-refractivity contribution in [1.29, 1.82) is 0 Å². The lowest BCUT2D eigenvalue weighted by Crippen LogP contribution is -2.49. The summed E-state index contributed by atoms with van der Waals surface area (Å²) in [5, 5.41) is 6.02. The summed E-state index contributed by atoms with van der Waals surface area (Å²) in [5.74, 6) is 0.649. The van der Waals surface area contributed by atoms with Crippen LogP contribution < -0.4 is 15.2 Å². The number of carbonyl (C=O) groups is 1. The molecule has 1 N–H and O–H groups in total. The van der Waals surface area contributed by atoms with Crippen molar-refractivity contribution in [2.75, 3.05) is 44.3 Å². The van der Waals surface area contributed by atoms with Crippen molar-refractivity contribution in [2.45, 2.75) is 32.5 Å². The van der Waals surface area contributed by atoms with E-state index in [-0.39, 0.29) is 37.2 Å². The van der Waals surface area contributed by atoms with Gasteiger partial charge >= 0.3 is 6.18 Å². The van der Waals surface area contributed by atoms with Crippen LogP contribution in [0.3, 0.4) is 0 Å². The van der Waals surface area contributed by atoms with Gasteiger partial charge < -0.3 is 19.3 Å². The van der Waals surface area contributed by atoms with Gasteiger partial charge in [-0.2, -0.15) is 18.3 Å². The van der Waals surface area contributed by atoms with Crippen LogP contribution in [0.4, 0.5) is 19.0 Å². The molecule has 0 unspecified atom stereocenters. The van der Waals surface area contributed by atoms with E-state index in [0.29, 0.717) is 49.5 Å². The minimum absolute atomic E-state index is 0.0728. The summed E-state index contributed by atoms with van der Waals surface area (Å²) < 4.78 is 49.0. The second kappa shape index (κ2) is 10.6. The highest BCUT2D eigenvalue weighted by atomic mass is 19.4. The highest BCUT2D eigenvalue weighted by Crippen LogP contribution is 2.27. The molecule has 0 aliphatic carbocycles. The van der Waals surface area contributed by atoms with Gasteiger partial charge in [0.15, 0.2) is 5.69 Å². The van der Waals surface area contributed by atoms with Crippen molar-refractivity contribution >= 4 is 11.7 Å². The first kappa shape index (κ1) is 24.4. The van der Waals surface area contributed by atoms with Gasteiger partial charge in [0.05, 0.1) is 43.8 Å². The summed E-state index contributed by atoms with van der Waals surface area (Å²) in [5.41, 5.74) is -0.936. The predicted molar refractivity (Wildman–Crippen MR) is 111 cm³/mol. The average Bonchev–Trinajstić information content (AvgIpc) is 2.79. The number of aromatic amines is 1. The van der Waals surface area contributed by atoms with Gasteiger partial charge in [0, 0.05) is 26.2 Å². The van der Waals surface area contributed by atoms with Crippen LogP contribution in [0.15, 0.2) is 23.4 Å². The second-order valence-corrected chi connectivity index (χ2v) is 7.57. The molecule has 13 heteroatoms. The lowest BCUT2D eigenvalue weighted by Gasteiger charge is -2.35. The average molecular weight is 470 g/mol. The number of H-pyrrole nitrogens is 1. The largest absolute Gasteiger partial charge is 0.486 e. The maximum atomic E-state index is 12.6. The number of rotatable bonds is 8. The molecule has 0 spiro atoms. The molecule has 3 rings (SSSR count). The minimum atomic E-state index is -4.53. The third kappa shape index (κ3) is 6.63. The highest BCUT2D eigenvalue weighted by molar-refractivity contribution is 5.76. The van der Waals surface area contributed by atoms with Crippen LogP contribution in [0, 0.1) is 6.92 Å². The van der Waals surface area contributed by atoms with Gasteiger partial charge in [-0.1, -0.05) is 0 Å². The third-order valence-corrected chi connectivity index (χ3v) is 5.08. The molecule has 0 radical (unpaired) electrons. The van der Waals surface area contributed by atoms with Gasteiger partial charge in [0.25, 0.3) is 5.56 Å². The number of piperazine rings is 1. The van der Waals surface area contributed by atoms with Gasteiger partial charge in [-0.15, -0.1) is 0 Å². The first-order chi connectivity index (χ1) is 15.6. The zero-order chi connectivity index (χ0) is 24.0. The molecule has 2 aromatic heterocycles. The van der Waals surface area contributed by atoms with E-state index in [9.17, 15) is 22.8 Å². The lowest BCUT2D eigenvalue weighted by atomic mass is 10.3. The summed E-state index contributed by atoms with van der Waals surface area (Å²) in [6, 6.07) is 0. The Morgan fingerprint density at radius 3 is 2.55 bits per heavy atom. The number of anilines is 1. The van der Waals surface area contributed by atoms with Crippen LogP contribution in [-0.4, -0.2) is 76.5 Å².